The summed E-state index contributed by atoms with van der Waals surface area (Å²) in [6, 6.07) is 0. The first-order valence-corrected chi connectivity index (χ1v) is 4.95. The van der Waals surface area contributed by atoms with Gasteiger partial charge in [0.15, 0.2) is 0 Å². The molecule has 0 saturated carbocycles. The van der Waals surface area contributed by atoms with Crippen LogP contribution in [0.1, 0.15) is 5.69 Å². The Hall–Kier alpha value is -1.23. The maximum atomic E-state index is 4.31. The van der Waals surface area contributed by atoms with Crippen molar-refractivity contribution in [2.24, 2.45) is 7.05 Å². The molecule has 0 saturated heterocycles. The van der Waals surface area contributed by atoms with Gasteiger partial charge in [0, 0.05) is 25.6 Å². The van der Waals surface area contributed by atoms with E-state index in [0.29, 0.717) is 0 Å². The number of nitrogens with zero attached hydrogens (tertiary/aromatic N) is 4. The SMILES string of the molecule is Cc1nccnc1-c1nn(C)cc1Br. The largest absolute Gasteiger partial charge is 0.274 e. The normalized spacial score (nSPS) is 10.5. The molecular formula is C9H9BrN4. The minimum Gasteiger partial charge on any atom is -0.274 e. The summed E-state index contributed by atoms with van der Waals surface area (Å²) in [5.74, 6) is 0. The summed E-state index contributed by atoms with van der Waals surface area (Å²) in [6.07, 6.45) is 5.24. The van der Waals surface area contributed by atoms with Crippen LogP contribution < -0.4 is 0 Å². The molecule has 5 heteroatoms. The van der Waals surface area contributed by atoms with Crippen LogP contribution >= 0.6 is 15.9 Å². The first-order valence-electron chi connectivity index (χ1n) is 4.15. The highest BCUT2D eigenvalue weighted by molar-refractivity contribution is 9.10. The number of aryl methyl sites for hydroxylation is 2. The van der Waals surface area contributed by atoms with E-state index in [9.17, 15) is 0 Å². The molecule has 2 aromatic heterocycles. The molecule has 0 radical (unpaired) electrons. The lowest BCUT2D eigenvalue weighted by atomic mass is 10.2. The number of halogens is 1. The maximum absolute atomic E-state index is 4.31. The molecule has 0 bridgehead atoms. The third-order valence-corrected chi connectivity index (χ3v) is 2.47. The average molecular weight is 253 g/mol. The molecule has 2 heterocycles. The van der Waals surface area contributed by atoms with E-state index in [2.05, 4.69) is 31.0 Å². The molecular weight excluding hydrogens is 244 g/mol. The van der Waals surface area contributed by atoms with Crippen molar-refractivity contribution in [1.82, 2.24) is 19.7 Å². The molecule has 0 N–H and O–H groups in total. The van der Waals surface area contributed by atoms with E-state index in [1.54, 1.807) is 17.1 Å². The van der Waals surface area contributed by atoms with Crippen LogP contribution in [0.25, 0.3) is 11.4 Å². The lowest BCUT2D eigenvalue weighted by Crippen LogP contribution is -1.93. The molecule has 0 aliphatic heterocycles. The smallest absolute Gasteiger partial charge is 0.127 e. The van der Waals surface area contributed by atoms with Gasteiger partial charge in [-0.05, 0) is 22.9 Å². The van der Waals surface area contributed by atoms with Gasteiger partial charge in [-0.3, -0.25) is 14.6 Å². The van der Waals surface area contributed by atoms with E-state index in [1.165, 1.54) is 0 Å². The van der Waals surface area contributed by atoms with Crippen LogP contribution in [-0.4, -0.2) is 19.7 Å². The first-order chi connectivity index (χ1) is 6.68. The Morgan fingerprint density at radius 2 is 1.93 bits per heavy atom. The van der Waals surface area contributed by atoms with Gasteiger partial charge in [-0.25, -0.2) is 0 Å². The van der Waals surface area contributed by atoms with Gasteiger partial charge >= 0.3 is 0 Å². The fraction of sp³-hybridized carbons (Fsp3) is 0.222. The van der Waals surface area contributed by atoms with Gasteiger partial charge in [0.2, 0.25) is 0 Å². The molecule has 0 aliphatic carbocycles. The van der Waals surface area contributed by atoms with E-state index in [1.807, 2.05) is 20.2 Å². The second kappa shape index (κ2) is 3.49. The Labute approximate surface area is 90.1 Å². The molecule has 14 heavy (non-hydrogen) atoms. The van der Waals surface area contributed by atoms with E-state index < -0.39 is 0 Å². The Morgan fingerprint density at radius 1 is 1.21 bits per heavy atom. The summed E-state index contributed by atoms with van der Waals surface area (Å²) in [7, 11) is 1.87. The third kappa shape index (κ3) is 1.55. The maximum Gasteiger partial charge on any atom is 0.127 e. The Morgan fingerprint density at radius 3 is 2.50 bits per heavy atom. The topological polar surface area (TPSA) is 43.6 Å². The third-order valence-electron chi connectivity index (χ3n) is 1.89. The number of aromatic nitrogens is 4. The minimum absolute atomic E-state index is 0.819. The summed E-state index contributed by atoms with van der Waals surface area (Å²) in [5.41, 5.74) is 2.53. The second-order valence-electron chi connectivity index (χ2n) is 2.99. The average Bonchev–Trinajstić information content (AvgIpc) is 2.46. The molecule has 0 aromatic carbocycles. The lowest BCUT2D eigenvalue weighted by Gasteiger charge is -1.99. The van der Waals surface area contributed by atoms with E-state index >= 15 is 0 Å². The zero-order valence-electron chi connectivity index (χ0n) is 7.90. The fourth-order valence-corrected chi connectivity index (χ4v) is 1.82. The predicted octanol–water partition coefficient (Wildman–Crippen LogP) is 1.95. The van der Waals surface area contributed by atoms with Crippen molar-refractivity contribution in [1.29, 1.82) is 0 Å². The molecule has 0 amide bonds. The van der Waals surface area contributed by atoms with E-state index in [0.717, 1.165) is 21.6 Å². The highest BCUT2D eigenvalue weighted by Gasteiger charge is 2.11. The minimum atomic E-state index is 0.819. The molecule has 0 spiro atoms. The first kappa shape index (κ1) is 9.33. The van der Waals surface area contributed by atoms with Crippen LogP contribution in [0.3, 0.4) is 0 Å². The van der Waals surface area contributed by atoms with Crippen molar-refractivity contribution in [2.45, 2.75) is 6.92 Å². The Kier molecular flexibility index (Phi) is 2.33. The number of rotatable bonds is 1. The highest BCUT2D eigenvalue weighted by atomic mass is 79.9. The van der Waals surface area contributed by atoms with Crippen molar-refractivity contribution in [3.8, 4) is 11.4 Å². The van der Waals surface area contributed by atoms with Crippen LogP contribution in [0, 0.1) is 6.92 Å². The van der Waals surface area contributed by atoms with Gasteiger partial charge in [-0.1, -0.05) is 0 Å². The van der Waals surface area contributed by atoms with Crippen LogP contribution in [-0.2, 0) is 7.05 Å². The molecule has 4 nitrogen and oxygen atoms in total. The van der Waals surface area contributed by atoms with Crippen LogP contribution in [0.2, 0.25) is 0 Å². The molecule has 0 aliphatic rings. The molecule has 2 rings (SSSR count). The van der Waals surface area contributed by atoms with E-state index in [-0.39, 0.29) is 0 Å². The Balaban J connectivity index is 2.60. The summed E-state index contributed by atoms with van der Waals surface area (Å²) >= 11 is 3.44. The van der Waals surface area contributed by atoms with Gasteiger partial charge in [0.25, 0.3) is 0 Å². The van der Waals surface area contributed by atoms with Crippen LogP contribution in [0.4, 0.5) is 0 Å². The van der Waals surface area contributed by atoms with Crippen molar-refractivity contribution >= 4 is 15.9 Å². The van der Waals surface area contributed by atoms with Crippen LogP contribution in [0.5, 0.6) is 0 Å². The second-order valence-corrected chi connectivity index (χ2v) is 3.84. The monoisotopic (exact) mass is 252 g/mol. The highest BCUT2D eigenvalue weighted by Crippen LogP contribution is 2.25. The van der Waals surface area contributed by atoms with Gasteiger partial charge in [0.1, 0.15) is 11.4 Å². The van der Waals surface area contributed by atoms with Crippen molar-refractivity contribution in [2.75, 3.05) is 0 Å². The summed E-state index contributed by atoms with van der Waals surface area (Å²) in [5, 5.41) is 4.31. The van der Waals surface area contributed by atoms with Crippen molar-refractivity contribution in [3.05, 3.63) is 28.8 Å². The molecule has 0 fully saturated rings. The summed E-state index contributed by atoms with van der Waals surface area (Å²) in [4.78, 5) is 8.43. The van der Waals surface area contributed by atoms with E-state index in [4.69, 9.17) is 0 Å². The molecule has 0 unspecified atom stereocenters. The van der Waals surface area contributed by atoms with Gasteiger partial charge < -0.3 is 0 Å². The van der Waals surface area contributed by atoms with Crippen molar-refractivity contribution < 1.29 is 0 Å². The van der Waals surface area contributed by atoms with Crippen molar-refractivity contribution in [3.63, 3.8) is 0 Å². The van der Waals surface area contributed by atoms with Gasteiger partial charge in [-0.2, -0.15) is 5.10 Å². The number of hydrogen-bond acceptors (Lipinski definition) is 3. The summed E-state index contributed by atoms with van der Waals surface area (Å²) in [6.45, 7) is 1.92. The standard InChI is InChI=1S/C9H9BrN4/c1-6-8(12-4-3-11-6)9-7(10)5-14(2)13-9/h3-5H,1-2H3. The summed E-state index contributed by atoms with van der Waals surface area (Å²) < 4.78 is 2.68. The molecule has 2 aromatic rings. The predicted molar refractivity (Wildman–Crippen MR) is 56.7 cm³/mol. The lowest BCUT2D eigenvalue weighted by molar-refractivity contribution is 0.769. The van der Waals surface area contributed by atoms with Gasteiger partial charge in [0.05, 0.1) is 10.2 Å². The Bertz CT molecular complexity index is 464. The molecule has 0 atom stereocenters. The fourth-order valence-electron chi connectivity index (χ4n) is 1.26. The zero-order valence-corrected chi connectivity index (χ0v) is 9.48. The quantitative estimate of drug-likeness (QED) is 0.780. The zero-order chi connectivity index (χ0) is 10.1. The van der Waals surface area contributed by atoms with Crippen LogP contribution in [0.15, 0.2) is 23.1 Å². The number of hydrogen-bond donors (Lipinski definition) is 0. The molecule has 72 valence electrons. The van der Waals surface area contributed by atoms with Gasteiger partial charge in [-0.15, -0.1) is 0 Å².